The monoisotopic (exact) mass is 352 g/mol. The van der Waals surface area contributed by atoms with Crippen LogP contribution in [0.1, 0.15) is 18.1 Å². The molecule has 0 unspecified atom stereocenters. The van der Waals surface area contributed by atoms with Crippen molar-refractivity contribution in [2.75, 3.05) is 0 Å². The number of fused-ring (bicyclic) bond motifs is 1. The fourth-order valence-electron chi connectivity index (χ4n) is 2.83. The Bertz CT molecular complexity index is 918. The predicted molar refractivity (Wildman–Crippen MR) is 98.0 cm³/mol. The Balaban J connectivity index is 1.74. The fraction of sp³-hybridized carbons (Fsp3) is 0.200. The number of aliphatic carboxylic acids is 1. The minimum absolute atomic E-state index is 0.207. The van der Waals surface area contributed by atoms with Crippen molar-refractivity contribution in [3.05, 3.63) is 65.9 Å². The van der Waals surface area contributed by atoms with E-state index in [-0.39, 0.29) is 12.3 Å². The number of aromatic nitrogens is 1. The molecule has 1 amide bonds. The number of nitrogens with one attached hydrogen (secondary N) is 2. The van der Waals surface area contributed by atoms with E-state index in [1.54, 1.807) is 6.20 Å². The summed E-state index contributed by atoms with van der Waals surface area (Å²) in [6, 6.07) is 14.6. The van der Waals surface area contributed by atoms with Crippen LogP contribution in [0.5, 0.6) is 5.75 Å². The molecule has 1 aromatic heterocycles. The van der Waals surface area contributed by atoms with Gasteiger partial charge in [0.15, 0.2) is 0 Å². The highest BCUT2D eigenvalue weighted by Gasteiger charge is 2.20. The van der Waals surface area contributed by atoms with Crippen molar-refractivity contribution in [1.82, 2.24) is 10.3 Å². The van der Waals surface area contributed by atoms with Gasteiger partial charge in [0.2, 0.25) is 5.91 Å². The number of rotatable bonds is 7. The third-order valence-corrected chi connectivity index (χ3v) is 4.09. The minimum atomic E-state index is -1.06. The molecule has 26 heavy (non-hydrogen) atoms. The summed E-state index contributed by atoms with van der Waals surface area (Å²) in [6.07, 6.45) is 1.97. The number of ether oxygens (including phenoxy) is 1. The molecule has 6 nitrogen and oxygen atoms in total. The topological polar surface area (TPSA) is 91.4 Å². The Morgan fingerprint density at radius 2 is 1.96 bits per heavy atom. The summed E-state index contributed by atoms with van der Waals surface area (Å²) in [7, 11) is 0. The van der Waals surface area contributed by atoms with Crippen molar-refractivity contribution >= 4 is 22.8 Å². The van der Waals surface area contributed by atoms with Gasteiger partial charge in [0.05, 0.1) is 0 Å². The zero-order valence-corrected chi connectivity index (χ0v) is 14.4. The van der Waals surface area contributed by atoms with Crippen LogP contribution < -0.4 is 10.1 Å². The highest BCUT2D eigenvalue weighted by Crippen LogP contribution is 2.25. The number of carboxylic acids is 1. The zero-order chi connectivity index (χ0) is 18.5. The van der Waals surface area contributed by atoms with Gasteiger partial charge in [-0.25, -0.2) is 4.79 Å². The number of carboxylic acid groups (broad SMARTS) is 1. The van der Waals surface area contributed by atoms with Crippen molar-refractivity contribution in [3.8, 4) is 5.75 Å². The summed E-state index contributed by atoms with van der Waals surface area (Å²) in [4.78, 5) is 25.7. The number of amides is 1. The molecule has 0 aliphatic carbocycles. The number of carbonyl (C=O) groups excluding carboxylic acids is 1. The lowest BCUT2D eigenvalue weighted by Crippen LogP contribution is -2.41. The molecular formula is C20H20N2O4. The van der Waals surface area contributed by atoms with Crippen LogP contribution in [-0.2, 0) is 22.6 Å². The summed E-state index contributed by atoms with van der Waals surface area (Å²) in [5.41, 5.74) is 2.77. The molecule has 6 heteroatoms. The van der Waals surface area contributed by atoms with E-state index >= 15 is 0 Å². The van der Waals surface area contributed by atoms with Crippen molar-refractivity contribution in [3.63, 3.8) is 0 Å². The number of benzene rings is 2. The predicted octanol–water partition coefficient (Wildman–Crippen LogP) is 2.88. The largest absolute Gasteiger partial charge is 0.489 e. The van der Waals surface area contributed by atoms with E-state index in [1.807, 2.05) is 48.5 Å². The van der Waals surface area contributed by atoms with E-state index in [1.165, 1.54) is 6.92 Å². The Hall–Kier alpha value is -3.28. The lowest BCUT2D eigenvalue weighted by atomic mass is 10.0. The molecule has 0 aliphatic rings. The van der Waals surface area contributed by atoms with E-state index in [0.29, 0.717) is 6.61 Å². The van der Waals surface area contributed by atoms with Crippen LogP contribution in [0.2, 0.25) is 0 Å². The molecule has 1 heterocycles. The van der Waals surface area contributed by atoms with Crippen LogP contribution in [0.4, 0.5) is 0 Å². The summed E-state index contributed by atoms with van der Waals surface area (Å²) in [5, 5.41) is 12.6. The SMILES string of the molecule is CC(=O)N[C@H](Cc1c[nH]c2cc(OCc3ccccc3)ccc12)C(=O)O. The first-order valence-electron chi connectivity index (χ1n) is 8.29. The molecular weight excluding hydrogens is 332 g/mol. The van der Waals surface area contributed by atoms with Crippen molar-refractivity contribution in [2.45, 2.75) is 26.0 Å². The van der Waals surface area contributed by atoms with Crippen LogP contribution in [0.3, 0.4) is 0 Å². The Morgan fingerprint density at radius 1 is 1.19 bits per heavy atom. The van der Waals surface area contributed by atoms with Gasteiger partial charge in [0.1, 0.15) is 18.4 Å². The first-order valence-corrected chi connectivity index (χ1v) is 8.29. The van der Waals surface area contributed by atoms with Gasteiger partial charge in [0, 0.05) is 36.5 Å². The molecule has 2 aromatic carbocycles. The van der Waals surface area contributed by atoms with Gasteiger partial charge in [0.25, 0.3) is 0 Å². The minimum Gasteiger partial charge on any atom is -0.489 e. The van der Waals surface area contributed by atoms with E-state index in [0.717, 1.165) is 27.8 Å². The molecule has 0 saturated carbocycles. The van der Waals surface area contributed by atoms with Gasteiger partial charge < -0.3 is 20.1 Å². The van der Waals surface area contributed by atoms with Crippen LogP contribution in [-0.4, -0.2) is 28.0 Å². The number of carbonyl (C=O) groups is 2. The summed E-state index contributed by atoms with van der Waals surface area (Å²) in [5.74, 6) is -0.697. The lowest BCUT2D eigenvalue weighted by molar-refractivity contribution is -0.141. The van der Waals surface area contributed by atoms with E-state index in [9.17, 15) is 14.7 Å². The Kier molecular flexibility index (Phi) is 5.22. The number of H-pyrrole nitrogens is 1. The second-order valence-electron chi connectivity index (χ2n) is 6.09. The fourth-order valence-corrected chi connectivity index (χ4v) is 2.83. The first kappa shape index (κ1) is 17.5. The molecule has 0 bridgehead atoms. The molecule has 0 saturated heterocycles. The maximum atomic E-state index is 11.3. The number of aromatic amines is 1. The third kappa shape index (κ3) is 4.22. The van der Waals surface area contributed by atoms with Crippen LogP contribution in [0.15, 0.2) is 54.7 Å². The Morgan fingerprint density at radius 3 is 2.65 bits per heavy atom. The summed E-state index contributed by atoms with van der Waals surface area (Å²) < 4.78 is 5.81. The highest BCUT2D eigenvalue weighted by atomic mass is 16.5. The standard InChI is InChI=1S/C20H20N2O4/c1-13(23)22-19(20(24)25)9-15-11-21-18-10-16(7-8-17(15)18)26-12-14-5-3-2-4-6-14/h2-8,10-11,19,21H,9,12H2,1H3,(H,22,23)(H,24,25)/t19-/m1/s1. The zero-order valence-electron chi connectivity index (χ0n) is 14.4. The number of hydrogen-bond donors (Lipinski definition) is 3. The van der Waals surface area contributed by atoms with Crippen LogP contribution in [0, 0.1) is 0 Å². The maximum absolute atomic E-state index is 11.3. The smallest absolute Gasteiger partial charge is 0.326 e. The van der Waals surface area contributed by atoms with Crippen LogP contribution >= 0.6 is 0 Å². The van der Waals surface area contributed by atoms with Crippen molar-refractivity contribution < 1.29 is 19.4 Å². The second kappa shape index (κ2) is 7.74. The normalized spacial score (nSPS) is 11.9. The number of hydrogen-bond acceptors (Lipinski definition) is 3. The highest BCUT2D eigenvalue weighted by molar-refractivity contribution is 5.87. The first-order chi connectivity index (χ1) is 12.5. The summed E-state index contributed by atoms with van der Waals surface area (Å²) >= 11 is 0. The molecule has 0 radical (unpaired) electrons. The quantitative estimate of drug-likeness (QED) is 0.610. The molecule has 0 fully saturated rings. The molecule has 3 aromatic rings. The summed E-state index contributed by atoms with van der Waals surface area (Å²) in [6.45, 7) is 1.78. The van der Waals surface area contributed by atoms with Crippen molar-refractivity contribution in [1.29, 1.82) is 0 Å². The van der Waals surface area contributed by atoms with Crippen molar-refractivity contribution in [2.24, 2.45) is 0 Å². The van der Waals surface area contributed by atoms with E-state index < -0.39 is 12.0 Å². The van der Waals surface area contributed by atoms with Gasteiger partial charge in [-0.2, -0.15) is 0 Å². The Labute approximate surface area is 150 Å². The third-order valence-electron chi connectivity index (χ3n) is 4.09. The van der Waals surface area contributed by atoms with Gasteiger partial charge in [-0.3, -0.25) is 4.79 Å². The molecule has 3 rings (SSSR count). The average molecular weight is 352 g/mol. The molecule has 1 atom stereocenters. The van der Waals surface area contributed by atoms with Gasteiger partial charge >= 0.3 is 5.97 Å². The van der Waals surface area contributed by atoms with Crippen LogP contribution in [0.25, 0.3) is 10.9 Å². The lowest BCUT2D eigenvalue weighted by Gasteiger charge is -2.12. The average Bonchev–Trinajstić information content (AvgIpc) is 3.02. The maximum Gasteiger partial charge on any atom is 0.326 e. The van der Waals surface area contributed by atoms with E-state index in [2.05, 4.69) is 10.3 Å². The molecule has 3 N–H and O–H groups in total. The second-order valence-corrected chi connectivity index (χ2v) is 6.09. The van der Waals surface area contributed by atoms with Gasteiger partial charge in [-0.1, -0.05) is 30.3 Å². The van der Waals surface area contributed by atoms with Gasteiger partial charge in [-0.05, 0) is 23.3 Å². The van der Waals surface area contributed by atoms with E-state index in [4.69, 9.17) is 4.74 Å². The molecule has 0 aliphatic heterocycles. The van der Waals surface area contributed by atoms with Gasteiger partial charge in [-0.15, -0.1) is 0 Å². The molecule has 134 valence electrons. The molecule has 0 spiro atoms.